The Morgan fingerprint density at radius 3 is 3.07 bits per heavy atom. The van der Waals surface area contributed by atoms with Crippen molar-refractivity contribution in [3.8, 4) is 12.3 Å². The van der Waals surface area contributed by atoms with Gasteiger partial charge >= 0.3 is 0 Å². The zero-order valence-corrected chi connectivity index (χ0v) is 8.74. The van der Waals surface area contributed by atoms with Gasteiger partial charge in [-0.05, 0) is 6.07 Å². The number of nitrogens with zero attached hydrogens (tertiary/aromatic N) is 2. The van der Waals surface area contributed by atoms with Crippen LogP contribution in [0.2, 0.25) is 5.02 Å². The van der Waals surface area contributed by atoms with E-state index in [1.807, 2.05) is 0 Å². The third-order valence-electron chi connectivity index (χ3n) is 2.40. The van der Waals surface area contributed by atoms with Crippen molar-refractivity contribution in [1.82, 2.24) is 4.98 Å². The maximum absolute atomic E-state index is 11.6. The van der Waals surface area contributed by atoms with Gasteiger partial charge in [0.15, 0.2) is 0 Å². The van der Waals surface area contributed by atoms with E-state index >= 15 is 0 Å². The van der Waals surface area contributed by atoms with Crippen molar-refractivity contribution >= 4 is 23.2 Å². The van der Waals surface area contributed by atoms with E-state index in [4.69, 9.17) is 18.0 Å². The topological polar surface area (TPSA) is 33.2 Å². The quantitative estimate of drug-likeness (QED) is 0.676. The molecule has 0 saturated carbocycles. The molecule has 76 valence electrons. The summed E-state index contributed by atoms with van der Waals surface area (Å²) in [7, 11) is 0. The first kappa shape index (κ1) is 10.0. The van der Waals surface area contributed by atoms with E-state index in [2.05, 4.69) is 10.9 Å². The molecule has 1 aliphatic heterocycles. The lowest BCUT2D eigenvalue weighted by molar-refractivity contribution is -0.117. The lowest BCUT2D eigenvalue weighted by Crippen LogP contribution is -2.24. The number of anilines is 1. The van der Waals surface area contributed by atoms with E-state index in [0.717, 1.165) is 0 Å². The second-order valence-corrected chi connectivity index (χ2v) is 3.81. The van der Waals surface area contributed by atoms with Crippen LogP contribution in [-0.4, -0.2) is 17.4 Å². The Bertz CT molecular complexity index is 438. The number of hydrogen-bond acceptors (Lipinski definition) is 2. The van der Waals surface area contributed by atoms with Crippen molar-refractivity contribution in [2.24, 2.45) is 5.92 Å². The van der Waals surface area contributed by atoms with E-state index in [0.29, 0.717) is 23.7 Å². The van der Waals surface area contributed by atoms with Crippen LogP contribution in [0.4, 0.5) is 5.69 Å². The van der Waals surface area contributed by atoms with Crippen molar-refractivity contribution in [1.29, 1.82) is 0 Å². The molecule has 1 saturated heterocycles. The highest BCUT2D eigenvalue weighted by molar-refractivity contribution is 6.33. The predicted molar refractivity (Wildman–Crippen MR) is 58.5 cm³/mol. The first-order valence-corrected chi connectivity index (χ1v) is 4.96. The van der Waals surface area contributed by atoms with Crippen molar-refractivity contribution in [2.45, 2.75) is 6.42 Å². The summed E-state index contributed by atoms with van der Waals surface area (Å²) in [6.45, 7) is 0.529. The predicted octanol–water partition coefficient (Wildman–Crippen LogP) is 1.72. The number of amides is 1. The van der Waals surface area contributed by atoms with E-state index in [1.165, 1.54) is 0 Å². The van der Waals surface area contributed by atoms with Crippen LogP contribution in [0.5, 0.6) is 0 Å². The summed E-state index contributed by atoms with van der Waals surface area (Å²) in [6, 6.07) is 1.66. The van der Waals surface area contributed by atoms with Gasteiger partial charge in [-0.2, -0.15) is 0 Å². The number of halogens is 1. The molecular formula is C11H9ClN2O. The fourth-order valence-corrected chi connectivity index (χ4v) is 1.83. The van der Waals surface area contributed by atoms with Gasteiger partial charge in [0.05, 0.1) is 16.9 Å². The van der Waals surface area contributed by atoms with Gasteiger partial charge in [0.2, 0.25) is 5.91 Å². The summed E-state index contributed by atoms with van der Waals surface area (Å²) in [5.74, 6) is 2.58. The van der Waals surface area contributed by atoms with Crippen LogP contribution in [0.15, 0.2) is 18.5 Å². The molecule has 15 heavy (non-hydrogen) atoms. The molecule has 1 aromatic rings. The lowest BCUT2D eigenvalue weighted by Gasteiger charge is -2.16. The molecule has 4 heteroatoms. The van der Waals surface area contributed by atoms with Crippen molar-refractivity contribution in [2.75, 3.05) is 11.4 Å². The SMILES string of the molecule is C#CC1CC(=O)N(c2cnccc2Cl)C1. The largest absolute Gasteiger partial charge is 0.308 e. The Hall–Kier alpha value is -1.53. The van der Waals surface area contributed by atoms with Crippen LogP contribution in [0, 0.1) is 18.3 Å². The first-order chi connectivity index (χ1) is 7.22. The summed E-state index contributed by atoms with van der Waals surface area (Å²) < 4.78 is 0. The van der Waals surface area contributed by atoms with E-state index < -0.39 is 0 Å². The highest BCUT2D eigenvalue weighted by Crippen LogP contribution is 2.29. The average molecular weight is 221 g/mol. The number of hydrogen-bond donors (Lipinski definition) is 0. The van der Waals surface area contributed by atoms with Crippen molar-refractivity contribution < 1.29 is 4.79 Å². The molecule has 2 heterocycles. The summed E-state index contributed by atoms with van der Waals surface area (Å²) in [4.78, 5) is 17.2. The van der Waals surface area contributed by atoms with Crippen LogP contribution in [0.25, 0.3) is 0 Å². The highest BCUT2D eigenvalue weighted by atomic mass is 35.5. The van der Waals surface area contributed by atoms with Gasteiger partial charge in [-0.1, -0.05) is 11.6 Å². The van der Waals surface area contributed by atoms with E-state index in [1.54, 1.807) is 23.4 Å². The van der Waals surface area contributed by atoms with Crippen LogP contribution in [0.3, 0.4) is 0 Å². The Kier molecular flexibility index (Phi) is 2.61. The molecule has 1 aliphatic rings. The maximum atomic E-state index is 11.6. The number of aromatic nitrogens is 1. The van der Waals surface area contributed by atoms with Gasteiger partial charge in [-0.15, -0.1) is 12.3 Å². The third-order valence-corrected chi connectivity index (χ3v) is 2.72. The third kappa shape index (κ3) is 1.81. The second kappa shape index (κ2) is 3.92. The molecule has 1 unspecified atom stereocenters. The van der Waals surface area contributed by atoms with Crippen molar-refractivity contribution in [3.63, 3.8) is 0 Å². The van der Waals surface area contributed by atoms with Crippen LogP contribution < -0.4 is 4.90 Å². The van der Waals surface area contributed by atoms with Gasteiger partial charge in [-0.25, -0.2) is 0 Å². The molecular weight excluding hydrogens is 212 g/mol. The minimum atomic E-state index is -0.0197. The fraction of sp³-hybridized carbons (Fsp3) is 0.273. The van der Waals surface area contributed by atoms with Gasteiger partial charge in [0.25, 0.3) is 0 Å². The molecule has 1 fully saturated rings. The molecule has 0 bridgehead atoms. The number of pyridine rings is 1. The molecule has 0 radical (unpaired) electrons. The van der Waals surface area contributed by atoms with Gasteiger partial charge in [0, 0.05) is 25.1 Å². The first-order valence-electron chi connectivity index (χ1n) is 4.58. The van der Waals surface area contributed by atoms with Gasteiger partial charge < -0.3 is 4.90 Å². The van der Waals surface area contributed by atoms with E-state index in [-0.39, 0.29) is 11.8 Å². The summed E-state index contributed by atoms with van der Waals surface area (Å²) in [5, 5.41) is 0.524. The standard InChI is InChI=1S/C11H9ClN2O/c1-2-8-5-11(15)14(7-8)10-6-13-4-3-9(10)12/h1,3-4,6,8H,5,7H2. The van der Waals surface area contributed by atoms with Gasteiger partial charge in [-0.3, -0.25) is 9.78 Å². The second-order valence-electron chi connectivity index (χ2n) is 3.40. The number of carbonyl (C=O) groups excluding carboxylic acids is 1. The molecule has 1 aromatic heterocycles. The maximum Gasteiger partial charge on any atom is 0.228 e. The van der Waals surface area contributed by atoms with Crippen LogP contribution in [-0.2, 0) is 4.79 Å². The Morgan fingerprint density at radius 1 is 1.67 bits per heavy atom. The normalized spacial score (nSPS) is 20.4. The zero-order valence-electron chi connectivity index (χ0n) is 7.98. The Balaban J connectivity index is 2.30. The minimum Gasteiger partial charge on any atom is -0.308 e. The average Bonchev–Trinajstić information content (AvgIpc) is 2.60. The minimum absolute atomic E-state index is 0.00727. The van der Waals surface area contributed by atoms with E-state index in [9.17, 15) is 4.79 Å². The fourth-order valence-electron chi connectivity index (χ4n) is 1.62. The number of terminal acetylenes is 1. The Morgan fingerprint density at radius 2 is 2.47 bits per heavy atom. The molecule has 1 amide bonds. The van der Waals surface area contributed by atoms with Gasteiger partial charge in [0.1, 0.15) is 0 Å². The summed E-state index contributed by atoms with van der Waals surface area (Å²) in [5.41, 5.74) is 0.641. The number of rotatable bonds is 1. The highest BCUT2D eigenvalue weighted by Gasteiger charge is 2.30. The summed E-state index contributed by atoms with van der Waals surface area (Å²) >= 11 is 5.97. The molecule has 0 N–H and O–H groups in total. The molecule has 0 spiro atoms. The number of carbonyl (C=O) groups is 1. The van der Waals surface area contributed by atoms with Crippen molar-refractivity contribution in [3.05, 3.63) is 23.5 Å². The van der Waals surface area contributed by atoms with Crippen LogP contribution >= 0.6 is 11.6 Å². The molecule has 0 aliphatic carbocycles. The zero-order chi connectivity index (χ0) is 10.8. The summed E-state index contributed by atoms with van der Waals surface area (Å²) in [6.07, 6.45) is 8.86. The smallest absolute Gasteiger partial charge is 0.228 e. The monoisotopic (exact) mass is 220 g/mol. The molecule has 1 atom stereocenters. The molecule has 2 rings (SSSR count). The van der Waals surface area contributed by atoms with Crippen LogP contribution in [0.1, 0.15) is 6.42 Å². The Labute approximate surface area is 93.1 Å². The molecule has 0 aromatic carbocycles. The lowest BCUT2D eigenvalue weighted by atomic mass is 10.1. The molecule has 3 nitrogen and oxygen atoms in total.